The van der Waals surface area contributed by atoms with Crippen molar-refractivity contribution in [1.29, 1.82) is 0 Å². The van der Waals surface area contributed by atoms with Crippen molar-refractivity contribution < 1.29 is 9.59 Å². The smallest absolute Gasteiger partial charge is 0.242 e. The van der Waals surface area contributed by atoms with Gasteiger partial charge in [-0.3, -0.25) is 9.59 Å². The molecule has 11 heteroatoms. The van der Waals surface area contributed by atoms with Crippen molar-refractivity contribution in [2.45, 2.75) is 19.0 Å². The molecule has 3 aromatic rings. The molecule has 1 unspecified atom stereocenters. The highest BCUT2D eigenvalue weighted by Gasteiger charge is 2.32. The van der Waals surface area contributed by atoms with Gasteiger partial charge in [0.1, 0.15) is 5.82 Å². The molecule has 2 aliphatic rings. The Hall–Kier alpha value is -3.50. The Balaban J connectivity index is 1.22. The molecule has 1 atom stereocenters. The van der Waals surface area contributed by atoms with Crippen LogP contribution in [-0.4, -0.2) is 81.9 Å². The second kappa shape index (κ2) is 10.0. The van der Waals surface area contributed by atoms with Crippen LogP contribution < -0.4 is 16.0 Å². The van der Waals surface area contributed by atoms with Crippen molar-refractivity contribution in [3.63, 3.8) is 0 Å². The number of rotatable bonds is 6. The molecular weight excluding hydrogens is 468 g/mol. The van der Waals surface area contributed by atoms with Crippen molar-refractivity contribution in [3.8, 4) is 0 Å². The minimum absolute atomic E-state index is 0.0458. The maximum Gasteiger partial charge on any atom is 0.242 e. The van der Waals surface area contributed by atoms with Crippen LogP contribution in [0.25, 0.3) is 10.9 Å². The lowest BCUT2D eigenvalue weighted by molar-refractivity contribution is -0.138. The lowest BCUT2D eigenvalue weighted by Gasteiger charge is -2.36. The van der Waals surface area contributed by atoms with Gasteiger partial charge in [-0.2, -0.15) is 0 Å². The highest BCUT2D eigenvalue weighted by Crippen LogP contribution is 2.25. The molecule has 3 N–H and O–H groups in total. The Morgan fingerprint density at radius 1 is 1.11 bits per heavy atom. The fourth-order valence-corrected chi connectivity index (χ4v) is 4.65. The Morgan fingerprint density at radius 2 is 1.91 bits per heavy atom. The summed E-state index contributed by atoms with van der Waals surface area (Å²) in [7, 11) is 0. The standard InChI is InChI=1S/C24H27ClN8O2/c25-18-4-2-1-3-16(18)13-28-24-29-14-17-20(30-24)5-7-27-22(17)32-11-9-31(10-12-32)21(34)15-33-8-6-19(26)23(33)35/h1-5,7,14,19H,6,8-13,15,26H2,(H,28,29,30). The van der Waals surface area contributed by atoms with Gasteiger partial charge in [0.15, 0.2) is 0 Å². The van der Waals surface area contributed by atoms with Gasteiger partial charge in [0, 0.05) is 56.7 Å². The molecule has 5 rings (SSSR count). The Morgan fingerprint density at radius 3 is 2.66 bits per heavy atom. The van der Waals surface area contributed by atoms with E-state index in [0.29, 0.717) is 56.7 Å². The molecule has 2 amide bonds. The Kier molecular flexibility index (Phi) is 6.65. The van der Waals surface area contributed by atoms with Crippen molar-refractivity contribution >= 4 is 46.1 Å². The van der Waals surface area contributed by atoms with Crippen molar-refractivity contribution in [2.75, 3.05) is 49.5 Å². The third kappa shape index (κ3) is 4.98. The largest absolute Gasteiger partial charge is 0.352 e. The van der Waals surface area contributed by atoms with Gasteiger partial charge in [-0.15, -0.1) is 0 Å². The van der Waals surface area contributed by atoms with E-state index in [1.165, 1.54) is 0 Å². The van der Waals surface area contributed by atoms with Crippen LogP contribution in [0.4, 0.5) is 11.8 Å². The van der Waals surface area contributed by atoms with Crippen LogP contribution in [0.1, 0.15) is 12.0 Å². The fraction of sp³-hybridized carbons (Fsp3) is 0.375. The molecule has 1 aromatic carbocycles. The van der Waals surface area contributed by atoms with Crippen LogP contribution in [0.5, 0.6) is 0 Å². The molecule has 0 aliphatic carbocycles. The predicted octanol–water partition coefficient (Wildman–Crippen LogP) is 1.50. The molecule has 2 saturated heterocycles. The number of carbonyl (C=O) groups is 2. The summed E-state index contributed by atoms with van der Waals surface area (Å²) in [6, 6.07) is 9.03. The van der Waals surface area contributed by atoms with Crippen LogP contribution >= 0.6 is 11.6 Å². The van der Waals surface area contributed by atoms with Crippen LogP contribution in [0, 0.1) is 0 Å². The van der Waals surface area contributed by atoms with Crippen molar-refractivity contribution in [1.82, 2.24) is 24.8 Å². The number of halogens is 1. The molecule has 0 saturated carbocycles. The molecule has 182 valence electrons. The maximum atomic E-state index is 12.7. The Bertz CT molecular complexity index is 1250. The number of nitrogens with one attached hydrogen (secondary N) is 1. The third-order valence-corrected chi connectivity index (χ3v) is 6.85. The molecule has 0 bridgehead atoms. The molecule has 0 spiro atoms. The first-order valence-corrected chi connectivity index (χ1v) is 12.0. The summed E-state index contributed by atoms with van der Waals surface area (Å²) in [5.74, 6) is 1.13. The first-order chi connectivity index (χ1) is 17.0. The maximum absolute atomic E-state index is 12.7. The fourth-order valence-electron chi connectivity index (χ4n) is 4.45. The number of nitrogens with zero attached hydrogens (tertiary/aromatic N) is 6. The SMILES string of the molecule is NC1CCN(CC(=O)N2CCN(c3nccc4nc(NCc5ccccc5Cl)ncc34)CC2)C1=O. The van der Waals surface area contributed by atoms with Gasteiger partial charge in [0.25, 0.3) is 0 Å². The van der Waals surface area contributed by atoms with Crippen LogP contribution in [-0.2, 0) is 16.1 Å². The predicted molar refractivity (Wildman–Crippen MR) is 134 cm³/mol. The summed E-state index contributed by atoms with van der Waals surface area (Å²) in [5, 5.41) is 4.77. The highest BCUT2D eigenvalue weighted by molar-refractivity contribution is 6.31. The van der Waals surface area contributed by atoms with Gasteiger partial charge in [-0.25, -0.2) is 15.0 Å². The number of anilines is 2. The number of piperazine rings is 1. The lowest BCUT2D eigenvalue weighted by Crippen LogP contribution is -2.52. The zero-order chi connectivity index (χ0) is 24.4. The zero-order valence-electron chi connectivity index (χ0n) is 19.2. The van der Waals surface area contributed by atoms with Gasteiger partial charge < -0.3 is 25.8 Å². The first-order valence-electron chi connectivity index (χ1n) is 11.7. The number of hydrogen-bond donors (Lipinski definition) is 2. The zero-order valence-corrected chi connectivity index (χ0v) is 20.0. The number of carbonyl (C=O) groups excluding carboxylic acids is 2. The van der Waals surface area contributed by atoms with E-state index in [2.05, 4.69) is 25.2 Å². The quantitative estimate of drug-likeness (QED) is 0.529. The van der Waals surface area contributed by atoms with Crippen LogP contribution in [0.3, 0.4) is 0 Å². The summed E-state index contributed by atoms with van der Waals surface area (Å²) in [5.41, 5.74) is 7.52. The number of hydrogen-bond acceptors (Lipinski definition) is 8. The molecule has 2 fully saturated rings. The molecule has 35 heavy (non-hydrogen) atoms. The van der Waals surface area contributed by atoms with E-state index in [0.717, 1.165) is 22.3 Å². The van der Waals surface area contributed by atoms with Crippen LogP contribution in [0.2, 0.25) is 5.02 Å². The average molecular weight is 495 g/mol. The van der Waals surface area contributed by atoms with E-state index < -0.39 is 6.04 Å². The minimum atomic E-state index is -0.480. The van der Waals surface area contributed by atoms with E-state index >= 15 is 0 Å². The van der Waals surface area contributed by atoms with Crippen molar-refractivity contribution in [2.24, 2.45) is 5.73 Å². The van der Waals surface area contributed by atoms with Gasteiger partial charge in [0.2, 0.25) is 17.8 Å². The summed E-state index contributed by atoms with van der Waals surface area (Å²) < 4.78 is 0. The van der Waals surface area contributed by atoms with Gasteiger partial charge in [-0.05, 0) is 24.1 Å². The number of benzene rings is 1. The topological polar surface area (TPSA) is 121 Å². The van der Waals surface area contributed by atoms with Gasteiger partial charge >= 0.3 is 0 Å². The molecule has 0 radical (unpaired) electrons. The molecule has 4 heterocycles. The van der Waals surface area contributed by atoms with E-state index in [1.54, 1.807) is 22.2 Å². The highest BCUT2D eigenvalue weighted by atomic mass is 35.5. The number of pyridine rings is 1. The first kappa shape index (κ1) is 23.3. The molecule has 10 nitrogen and oxygen atoms in total. The molecule has 2 aromatic heterocycles. The molecule has 2 aliphatic heterocycles. The van der Waals surface area contributed by atoms with E-state index in [-0.39, 0.29) is 18.4 Å². The summed E-state index contributed by atoms with van der Waals surface area (Å²) in [4.78, 5) is 43.9. The van der Waals surface area contributed by atoms with E-state index in [4.69, 9.17) is 17.3 Å². The molecular formula is C24H27ClN8O2. The monoisotopic (exact) mass is 494 g/mol. The van der Waals surface area contributed by atoms with Crippen LogP contribution in [0.15, 0.2) is 42.7 Å². The second-order valence-corrected chi connectivity index (χ2v) is 9.14. The number of fused-ring (bicyclic) bond motifs is 1. The van der Waals surface area contributed by atoms with E-state index in [9.17, 15) is 9.59 Å². The number of likely N-dealkylation sites (tertiary alicyclic amines) is 1. The van der Waals surface area contributed by atoms with E-state index in [1.807, 2.05) is 30.3 Å². The lowest BCUT2D eigenvalue weighted by atomic mass is 10.2. The number of aromatic nitrogens is 3. The number of amides is 2. The Labute approximate surface area is 208 Å². The third-order valence-electron chi connectivity index (χ3n) is 6.48. The normalized spacial score (nSPS) is 18.4. The second-order valence-electron chi connectivity index (χ2n) is 8.73. The minimum Gasteiger partial charge on any atom is -0.352 e. The van der Waals surface area contributed by atoms with Gasteiger partial charge in [-0.1, -0.05) is 29.8 Å². The average Bonchev–Trinajstić information content (AvgIpc) is 3.20. The summed E-state index contributed by atoms with van der Waals surface area (Å²) >= 11 is 6.24. The number of nitrogens with two attached hydrogens (primary N) is 1. The summed E-state index contributed by atoms with van der Waals surface area (Å²) in [6.45, 7) is 3.55. The van der Waals surface area contributed by atoms with Gasteiger partial charge in [0.05, 0.1) is 23.5 Å². The summed E-state index contributed by atoms with van der Waals surface area (Å²) in [6.07, 6.45) is 4.12. The van der Waals surface area contributed by atoms with Crippen molar-refractivity contribution in [3.05, 3.63) is 53.3 Å².